The highest BCUT2D eigenvalue weighted by molar-refractivity contribution is 7.99. The van der Waals surface area contributed by atoms with Crippen LogP contribution in [-0.4, -0.2) is 36.3 Å². The van der Waals surface area contributed by atoms with Gasteiger partial charge in [-0.05, 0) is 49.5 Å². The fraction of sp³-hybridized carbons (Fsp3) is 0.400. The monoisotopic (exact) mass is 394 g/mol. The molecule has 0 heterocycles. The van der Waals surface area contributed by atoms with Crippen molar-refractivity contribution in [1.82, 2.24) is 5.01 Å². The van der Waals surface area contributed by atoms with Crippen molar-refractivity contribution >= 4 is 17.5 Å². The van der Waals surface area contributed by atoms with Gasteiger partial charge in [-0.2, -0.15) is 16.9 Å². The number of thioether (sulfide) groups is 1. The Bertz CT molecular complexity index is 710. The van der Waals surface area contributed by atoms with Crippen LogP contribution in [0.3, 0.4) is 0 Å². The van der Waals surface area contributed by atoms with Gasteiger partial charge < -0.3 is 5.01 Å². The maximum atomic E-state index is 4.95. The number of rotatable bonds is 12. The second kappa shape index (κ2) is 12.5. The zero-order valence-electron chi connectivity index (χ0n) is 17.6. The average molecular weight is 395 g/mol. The highest BCUT2D eigenvalue weighted by Crippen LogP contribution is 2.26. The predicted octanol–water partition coefficient (Wildman–Crippen LogP) is 6.09. The number of allylic oxidation sites excluding steroid dienone is 1. The van der Waals surface area contributed by atoms with E-state index in [0.717, 1.165) is 32.1 Å². The summed E-state index contributed by atoms with van der Waals surface area (Å²) in [5.41, 5.74) is 4.07. The summed E-state index contributed by atoms with van der Waals surface area (Å²) in [6, 6.07) is 21.6. The Hall–Kier alpha value is -2.00. The van der Waals surface area contributed by atoms with Crippen molar-refractivity contribution in [2.24, 2.45) is 11.0 Å². The van der Waals surface area contributed by atoms with E-state index in [0.29, 0.717) is 11.2 Å². The summed E-state index contributed by atoms with van der Waals surface area (Å²) in [5.74, 6) is 0.436. The molecule has 0 saturated carbocycles. The molecule has 0 saturated heterocycles. The average Bonchev–Trinajstić information content (AvgIpc) is 2.71. The summed E-state index contributed by atoms with van der Waals surface area (Å²) >= 11 is 1.94. The summed E-state index contributed by atoms with van der Waals surface area (Å²) in [4.78, 5) is 0. The number of aryl methyl sites for hydroxylation is 1. The summed E-state index contributed by atoms with van der Waals surface area (Å²) < 4.78 is 0. The van der Waals surface area contributed by atoms with Crippen LogP contribution < -0.4 is 0 Å². The highest BCUT2D eigenvalue weighted by Gasteiger charge is 2.21. The standard InChI is InChI=1S/C25H34N2S/c1-5-12-24(28-4)20-23(19-22-15-10-7-11-16-22)25(26-27(2)3)18-17-21-13-8-6-9-14-21/h5-11,13-16,23-24H,1,12,17-20H2,2-4H3/b26-25+. The molecule has 0 aliphatic rings. The minimum atomic E-state index is 0.436. The first-order valence-electron chi connectivity index (χ1n) is 10.1. The summed E-state index contributed by atoms with van der Waals surface area (Å²) in [6.45, 7) is 3.96. The molecule has 0 spiro atoms. The van der Waals surface area contributed by atoms with Crippen LogP contribution >= 0.6 is 11.8 Å². The molecule has 0 fully saturated rings. The molecule has 0 aromatic heterocycles. The van der Waals surface area contributed by atoms with Crippen LogP contribution in [0.5, 0.6) is 0 Å². The normalized spacial score (nSPS) is 13.8. The molecule has 150 valence electrons. The Morgan fingerprint density at radius 3 is 2.18 bits per heavy atom. The van der Waals surface area contributed by atoms with Gasteiger partial charge in [-0.3, -0.25) is 0 Å². The Morgan fingerprint density at radius 2 is 1.64 bits per heavy atom. The van der Waals surface area contributed by atoms with Gasteiger partial charge in [-0.1, -0.05) is 66.7 Å². The predicted molar refractivity (Wildman–Crippen MR) is 126 cm³/mol. The van der Waals surface area contributed by atoms with E-state index in [1.807, 2.05) is 36.9 Å². The zero-order valence-corrected chi connectivity index (χ0v) is 18.4. The van der Waals surface area contributed by atoms with E-state index in [1.165, 1.54) is 16.8 Å². The molecule has 0 radical (unpaired) electrons. The largest absolute Gasteiger partial charge is 0.303 e. The molecular formula is C25H34N2S. The van der Waals surface area contributed by atoms with Gasteiger partial charge >= 0.3 is 0 Å². The lowest BCUT2D eigenvalue weighted by Gasteiger charge is -2.25. The van der Waals surface area contributed by atoms with E-state index in [-0.39, 0.29) is 0 Å². The van der Waals surface area contributed by atoms with Gasteiger partial charge in [-0.25, -0.2) is 0 Å². The number of benzene rings is 2. The molecule has 0 aliphatic heterocycles. The van der Waals surface area contributed by atoms with Crippen molar-refractivity contribution in [2.45, 2.75) is 37.4 Å². The molecule has 0 amide bonds. The van der Waals surface area contributed by atoms with Crippen LogP contribution in [-0.2, 0) is 12.8 Å². The Morgan fingerprint density at radius 1 is 1.04 bits per heavy atom. The maximum absolute atomic E-state index is 4.95. The lowest BCUT2D eigenvalue weighted by atomic mass is 9.87. The molecule has 28 heavy (non-hydrogen) atoms. The van der Waals surface area contributed by atoms with Gasteiger partial charge in [0, 0.05) is 31.0 Å². The number of nitrogens with zero attached hydrogens (tertiary/aromatic N) is 2. The van der Waals surface area contributed by atoms with Gasteiger partial charge in [-0.15, -0.1) is 6.58 Å². The third-order valence-electron chi connectivity index (χ3n) is 4.95. The second-order valence-corrected chi connectivity index (χ2v) is 8.57. The van der Waals surface area contributed by atoms with Crippen molar-refractivity contribution < 1.29 is 0 Å². The zero-order chi connectivity index (χ0) is 20.2. The quantitative estimate of drug-likeness (QED) is 0.246. The van der Waals surface area contributed by atoms with Crippen molar-refractivity contribution in [3.05, 3.63) is 84.4 Å². The van der Waals surface area contributed by atoms with Crippen molar-refractivity contribution in [3.63, 3.8) is 0 Å². The third-order valence-corrected chi connectivity index (χ3v) is 6.00. The van der Waals surface area contributed by atoms with E-state index < -0.39 is 0 Å². The first-order valence-corrected chi connectivity index (χ1v) is 11.4. The summed E-state index contributed by atoms with van der Waals surface area (Å²) in [5, 5.41) is 7.49. The fourth-order valence-corrected chi connectivity index (χ4v) is 4.29. The first kappa shape index (κ1) is 22.3. The smallest absolute Gasteiger partial charge is 0.0418 e. The minimum Gasteiger partial charge on any atom is -0.303 e. The number of hydrogen-bond donors (Lipinski definition) is 0. The van der Waals surface area contributed by atoms with Crippen molar-refractivity contribution in [1.29, 1.82) is 0 Å². The van der Waals surface area contributed by atoms with Gasteiger partial charge in [0.25, 0.3) is 0 Å². The van der Waals surface area contributed by atoms with E-state index in [4.69, 9.17) is 5.10 Å². The molecule has 2 nitrogen and oxygen atoms in total. The SMILES string of the molecule is C=CCC(CC(Cc1ccccc1)/C(CCc1ccccc1)=N/N(C)C)SC. The first-order chi connectivity index (χ1) is 13.6. The molecule has 3 heteroatoms. The van der Waals surface area contributed by atoms with Crippen LogP contribution in [0.4, 0.5) is 0 Å². The topological polar surface area (TPSA) is 15.6 Å². The second-order valence-electron chi connectivity index (χ2n) is 7.43. The molecule has 2 unspecified atom stereocenters. The summed E-state index contributed by atoms with van der Waals surface area (Å²) in [6.07, 6.45) is 9.49. The third kappa shape index (κ3) is 7.93. The highest BCUT2D eigenvalue weighted by atomic mass is 32.2. The maximum Gasteiger partial charge on any atom is 0.0418 e. The van der Waals surface area contributed by atoms with E-state index in [9.17, 15) is 0 Å². The fourth-order valence-electron chi connectivity index (χ4n) is 3.54. The van der Waals surface area contributed by atoms with E-state index in [1.54, 1.807) is 0 Å². The van der Waals surface area contributed by atoms with E-state index >= 15 is 0 Å². The van der Waals surface area contributed by atoms with Gasteiger partial charge in [0.2, 0.25) is 0 Å². The van der Waals surface area contributed by atoms with E-state index in [2.05, 4.69) is 73.5 Å². The van der Waals surface area contributed by atoms with Gasteiger partial charge in [0.15, 0.2) is 0 Å². The lowest BCUT2D eigenvalue weighted by molar-refractivity contribution is 0.426. The number of hydrogen-bond acceptors (Lipinski definition) is 3. The van der Waals surface area contributed by atoms with Crippen LogP contribution in [0.15, 0.2) is 78.4 Å². The van der Waals surface area contributed by atoms with Crippen LogP contribution in [0.2, 0.25) is 0 Å². The van der Waals surface area contributed by atoms with Crippen molar-refractivity contribution in [2.75, 3.05) is 20.4 Å². The van der Waals surface area contributed by atoms with Gasteiger partial charge in [0.05, 0.1) is 0 Å². The number of hydrazone groups is 1. The van der Waals surface area contributed by atoms with Gasteiger partial charge in [0.1, 0.15) is 0 Å². The van der Waals surface area contributed by atoms with Crippen LogP contribution in [0.25, 0.3) is 0 Å². The Labute approximate surface area is 175 Å². The Kier molecular flexibility index (Phi) is 9.92. The van der Waals surface area contributed by atoms with Crippen LogP contribution in [0, 0.1) is 5.92 Å². The minimum absolute atomic E-state index is 0.436. The Balaban J connectivity index is 2.23. The summed E-state index contributed by atoms with van der Waals surface area (Å²) in [7, 11) is 4.05. The van der Waals surface area contributed by atoms with Crippen LogP contribution in [0.1, 0.15) is 30.4 Å². The molecule has 2 rings (SSSR count). The molecule has 0 bridgehead atoms. The molecule has 2 aromatic rings. The molecule has 2 atom stereocenters. The lowest BCUT2D eigenvalue weighted by Crippen LogP contribution is -2.25. The van der Waals surface area contributed by atoms with Crippen molar-refractivity contribution in [3.8, 4) is 0 Å². The molecule has 2 aromatic carbocycles. The molecular weight excluding hydrogens is 360 g/mol. The molecule has 0 N–H and O–H groups in total. The molecule has 0 aliphatic carbocycles.